The van der Waals surface area contributed by atoms with Gasteiger partial charge in [-0.05, 0) is 48.2 Å². The molecule has 0 bridgehead atoms. The zero-order valence-electron chi connectivity index (χ0n) is 15.2. The molecule has 0 heterocycles. The number of unbranched alkanes of at least 4 members (excludes halogenated alkanes) is 1. The van der Waals surface area contributed by atoms with E-state index in [0.29, 0.717) is 24.0 Å². The number of carbonyl (C=O) groups is 2. The lowest BCUT2D eigenvalue weighted by Gasteiger charge is -2.01. The Bertz CT molecular complexity index is 793. The van der Waals surface area contributed by atoms with Crippen LogP contribution in [-0.4, -0.2) is 34.5 Å². The van der Waals surface area contributed by atoms with Gasteiger partial charge in [-0.2, -0.15) is 10.2 Å². The Labute approximate surface area is 162 Å². The lowest BCUT2D eigenvalue weighted by molar-refractivity contribution is -0.123. The minimum Gasteiger partial charge on any atom is -0.508 e. The molecule has 4 N–H and O–H groups in total. The molecule has 2 aromatic carbocycles. The van der Waals surface area contributed by atoms with Crippen LogP contribution in [0.2, 0.25) is 0 Å². The quantitative estimate of drug-likeness (QED) is 0.302. The Kier molecular flexibility index (Phi) is 8.19. The molecule has 0 fully saturated rings. The maximum Gasteiger partial charge on any atom is 0.240 e. The molecule has 2 amide bonds. The van der Waals surface area contributed by atoms with Gasteiger partial charge in [0.05, 0.1) is 12.4 Å². The molecular formula is C20H22N4O4. The van der Waals surface area contributed by atoms with Gasteiger partial charge >= 0.3 is 0 Å². The van der Waals surface area contributed by atoms with Crippen molar-refractivity contribution in [3.63, 3.8) is 0 Å². The van der Waals surface area contributed by atoms with Gasteiger partial charge in [0.25, 0.3) is 0 Å². The molecular weight excluding hydrogens is 360 g/mol. The second kappa shape index (κ2) is 11.1. The van der Waals surface area contributed by atoms with Crippen LogP contribution in [0.15, 0.2) is 58.7 Å². The van der Waals surface area contributed by atoms with E-state index in [1.807, 2.05) is 0 Å². The van der Waals surface area contributed by atoms with Crippen LogP contribution in [0.4, 0.5) is 0 Å². The highest BCUT2D eigenvalue weighted by Crippen LogP contribution is 2.09. The summed E-state index contributed by atoms with van der Waals surface area (Å²) in [5.74, 6) is -0.253. The monoisotopic (exact) mass is 382 g/mol. The van der Waals surface area contributed by atoms with Gasteiger partial charge in [0.2, 0.25) is 11.8 Å². The standard InChI is InChI=1S/C20H22N4O4/c25-17-7-3-5-15(11-17)13-21-23-19(27)9-1-2-10-20(28)24-22-14-16-6-4-8-18(26)12-16/h3-8,11-14,25-26H,1-2,9-10H2,(H,23,27)(H,24,28)/b21-13+,22-14?. The predicted molar refractivity (Wildman–Crippen MR) is 106 cm³/mol. The van der Waals surface area contributed by atoms with E-state index in [1.54, 1.807) is 36.4 Å². The first kappa shape index (κ1) is 20.6. The van der Waals surface area contributed by atoms with Crippen LogP contribution < -0.4 is 10.9 Å². The number of hydrazone groups is 2. The normalized spacial score (nSPS) is 11.0. The number of phenolic OH excluding ortho intramolecular Hbond substituents is 2. The van der Waals surface area contributed by atoms with Gasteiger partial charge in [-0.1, -0.05) is 24.3 Å². The molecule has 0 aliphatic carbocycles. The van der Waals surface area contributed by atoms with Crippen LogP contribution in [0.25, 0.3) is 0 Å². The van der Waals surface area contributed by atoms with E-state index in [9.17, 15) is 19.8 Å². The smallest absolute Gasteiger partial charge is 0.240 e. The number of nitrogens with zero attached hydrogens (tertiary/aromatic N) is 2. The molecule has 0 radical (unpaired) electrons. The van der Waals surface area contributed by atoms with Crippen molar-refractivity contribution in [1.82, 2.24) is 10.9 Å². The highest BCUT2D eigenvalue weighted by molar-refractivity contribution is 5.83. The first-order chi connectivity index (χ1) is 13.5. The average molecular weight is 382 g/mol. The number of benzene rings is 2. The van der Waals surface area contributed by atoms with Gasteiger partial charge in [-0.3, -0.25) is 9.59 Å². The topological polar surface area (TPSA) is 123 Å². The molecule has 8 nitrogen and oxygen atoms in total. The van der Waals surface area contributed by atoms with E-state index in [1.165, 1.54) is 24.6 Å². The van der Waals surface area contributed by atoms with Crippen molar-refractivity contribution in [1.29, 1.82) is 0 Å². The van der Waals surface area contributed by atoms with E-state index in [0.717, 1.165) is 0 Å². The van der Waals surface area contributed by atoms with E-state index < -0.39 is 0 Å². The van der Waals surface area contributed by atoms with Crippen molar-refractivity contribution in [2.75, 3.05) is 0 Å². The SMILES string of the molecule is O=C(CCCCC(=O)N/N=C/c1cccc(O)c1)NN=Cc1cccc(O)c1. The number of amides is 2. The summed E-state index contributed by atoms with van der Waals surface area (Å²) in [6.45, 7) is 0. The zero-order chi connectivity index (χ0) is 20.2. The maximum absolute atomic E-state index is 11.7. The van der Waals surface area contributed by atoms with Gasteiger partial charge in [-0.25, -0.2) is 10.9 Å². The minimum absolute atomic E-state index is 0.125. The average Bonchev–Trinajstić information content (AvgIpc) is 2.65. The summed E-state index contributed by atoms with van der Waals surface area (Å²) in [6, 6.07) is 13.0. The summed E-state index contributed by atoms with van der Waals surface area (Å²) < 4.78 is 0. The van der Waals surface area contributed by atoms with Crippen molar-refractivity contribution in [2.45, 2.75) is 25.7 Å². The van der Waals surface area contributed by atoms with Gasteiger partial charge in [0.1, 0.15) is 11.5 Å². The number of aromatic hydroxyl groups is 2. The van der Waals surface area contributed by atoms with E-state index in [4.69, 9.17) is 0 Å². The third-order valence-corrected chi connectivity index (χ3v) is 3.60. The summed E-state index contributed by atoms with van der Waals surface area (Å²) in [7, 11) is 0. The molecule has 8 heteroatoms. The van der Waals surface area contributed by atoms with Crippen molar-refractivity contribution in [3.8, 4) is 11.5 Å². The largest absolute Gasteiger partial charge is 0.508 e. The number of rotatable bonds is 9. The summed E-state index contributed by atoms with van der Waals surface area (Å²) in [6.07, 6.45) is 4.45. The summed E-state index contributed by atoms with van der Waals surface area (Å²) in [5.41, 5.74) is 6.14. The van der Waals surface area contributed by atoms with Crippen LogP contribution >= 0.6 is 0 Å². The second-order valence-corrected chi connectivity index (χ2v) is 5.98. The predicted octanol–water partition coefficient (Wildman–Crippen LogP) is 2.26. The third kappa shape index (κ3) is 8.13. The molecule has 28 heavy (non-hydrogen) atoms. The van der Waals surface area contributed by atoms with Crippen molar-refractivity contribution in [2.24, 2.45) is 10.2 Å². The van der Waals surface area contributed by atoms with Gasteiger partial charge < -0.3 is 10.2 Å². The molecule has 0 spiro atoms. The minimum atomic E-state index is -0.251. The molecule has 0 aliphatic rings. The van der Waals surface area contributed by atoms with Crippen molar-refractivity contribution >= 4 is 24.2 Å². The second-order valence-electron chi connectivity index (χ2n) is 5.98. The van der Waals surface area contributed by atoms with Crippen LogP contribution in [0, 0.1) is 0 Å². The molecule has 146 valence electrons. The number of nitrogens with one attached hydrogen (secondary N) is 2. The number of carbonyl (C=O) groups excluding carboxylic acids is 2. The molecule has 2 rings (SSSR count). The summed E-state index contributed by atoms with van der Waals surface area (Å²) in [5, 5.41) is 26.3. The highest BCUT2D eigenvalue weighted by atomic mass is 16.3. The van der Waals surface area contributed by atoms with E-state index >= 15 is 0 Å². The Morgan fingerprint density at radius 1 is 0.786 bits per heavy atom. The van der Waals surface area contributed by atoms with Crippen LogP contribution in [0.3, 0.4) is 0 Å². The summed E-state index contributed by atoms with van der Waals surface area (Å²) in [4.78, 5) is 23.4. The Hall–Kier alpha value is -3.68. The first-order valence-electron chi connectivity index (χ1n) is 8.75. The fourth-order valence-corrected chi connectivity index (χ4v) is 2.25. The third-order valence-electron chi connectivity index (χ3n) is 3.60. The van der Waals surface area contributed by atoms with Crippen molar-refractivity contribution in [3.05, 3.63) is 59.7 Å². The molecule has 0 saturated heterocycles. The zero-order valence-corrected chi connectivity index (χ0v) is 15.2. The van der Waals surface area contributed by atoms with Crippen molar-refractivity contribution < 1.29 is 19.8 Å². The maximum atomic E-state index is 11.7. The van der Waals surface area contributed by atoms with Crippen LogP contribution in [-0.2, 0) is 9.59 Å². The number of hydrogen-bond donors (Lipinski definition) is 4. The fourth-order valence-electron chi connectivity index (χ4n) is 2.25. The lowest BCUT2D eigenvalue weighted by Crippen LogP contribution is -2.19. The number of hydrogen-bond acceptors (Lipinski definition) is 6. The molecule has 0 unspecified atom stereocenters. The molecule has 0 aliphatic heterocycles. The van der Waals surface area contributed by atoms with Crippen LogP contribution in [0.5, 0.6) is 11.5 Å². The summed E-state index contributed by atoms with van der Waals surface area (Å²) >= 11 is 0. The molecule has 0 atom stereocenters. The van der Waals surface area contributed by atoms with E-state index in [-0.39, 0.29) is 36.2 Å². The number of phenols is 2. The Balaban J connectivity index is 1.58. The molecule has 0 saturated carbocycles. The van der Waals surface area contributed by atoms with Gasteiger partial charge in [-0.15, -0.1) is 0 Å². The fraction of sp³-hybridized carbons (Fsp3) is 0.200. The molecule has 0 aromatic heterocycles. The van der Waals surface area contributed by atoms with E-state index in [2.05, 4.69) is 21.1 Å². The first-order valence-corrected chi connectivity index (χ1v) is 8.75. The van der Waals surface area contributed by atoms with Crippen LogP contribution in [0.1, 0.15) is 36.8 Å². The molecule has 2 aromatic rings. The highest BCUT2D eigenvalue weighted by Gasteiger charge is 2.03. The Morgan fingerprint density at radius 3 is 1.61 bits per heavy atom. The van der Waals surface area contributed by atoms with Gasteiger partial charge in [0, 0.05) is 12.8 Å². The lowest BCUT2D eigenvalue weighted by atomic mass is 10.2. The Morgan fingerprint density at radius 2 is 1.21 bits per heavy atom. The van der Waals surface area contributed by atoms with Gasteiger partial charge in [0.15, 0.2) is 0 Å².